The minimum Gasteiger partial charge on any atom is -0.330 e. The molecule has 27 heavy (non-hydrogen) atoms. The summed E-state index contributed by atoms with van der Waals surface area (Å²) in [6, 6.07) is 12.7. The van der Waals surface area contributed by atoms with E-state index in [4.69, 9.17) is 0 Å². The van der Waals surface area contributed by atoms with Crippen molar-refractivity contribution in [1.82, 2.24) is 20.5 Å². The molecule has 4 amide bonds. The molecule has 1 aromatic heterocycles. The van der Waals surface area contributed by atoms with E-state index >= 15 is 0 Å². The number of hydrogen-bond acceptors (Lipinski definition) is 5. The molecule has 1 fully saturated rings. The molecule has 1 unspecified atom stereocenters. The average molecular weight is 366 g/mol. The first-order valence-corrected chi connectivity index (χ1v) is 8.62. The van der Waals surface area contributed by atoms with Crippen LogP contribution in [-0.4, -0.2) is 54.4 Å². The van der Waals surface area contributed by atoms with E-state index < -0.39 is 12.1 Å². The zero-order chi connectivity index (χ0) is 19.1. The van der Waals surface area contributed by atoms with Gasteiger partial charge in [-0.1, -0.05) is 24.3 Å². The highest BCUT2D eigenvalue weighted by molar-refractivity contribution is 6.13. The van der Waals surface area contributed by atoms with Gasteiger partial charge < -0.3 is 15.5 Å². The molecule has 0 aliphatic carbocycles. The molecule has 2 heterocycles. The van der Waals surface area contributed by atoms with Gasteiger partial charge in [0, 0.05) is 25.8 Å². The maximum Gasteiger partial charge on any atom is 0.333 e. The van der Waals surface area contributed by atoms with Crippen molar-refractivity contribution in [3.8, 4) is 0 Å². The molecule has 1 radical (unpaired) electrons. The largest absolute Gasteiger partial charge is 0.333 e. The molecule has 0 bridgehead atoms. The van der Waals surface area contributed by atoms with Crippen LogP contribution in [0.5, 0.6) is 0 Å². The molecular formula is C19H20N5O3. The number of nitrogens with zero attached hydrogens (tertiary/aromatic N) is 3. The van der Waals surface area contributed by atoms with Crippen molar-refractivity contribution in [3.05, 3.63) is 60.4 Å². The maximum atomic E-state index is 13.3. The number of rotatable bonds is 4. The standard InChI is InChI=1S/C19H20N5O3/c25-13-11-22-18(26)24(15-6-2-1-3-7-15)19(27)23-12-10-20-14-17(23)16-8-4-5-9-21-16/h1-9,17,20H,10-12,14H2,(H,22,26). The molecule has 139 valence electrons. The summed E-state index contributed by atoms with van der Waals surface area (Å²) in [5.41, 5.74) is 1.16. The molecule has 8 nitrogen and oxygen atoms in total. The predicted octanol–water partition coefficient (Wildman–Crippen LogP) is 1.47. The van der Waals surface area contributed by atoms with Gasteiger partial charge in [-0.25, -0.2) is 14.5 Å². The highest BCUT2D eigenvalue weighted by atomic mass is 16.2. The fourth-order valence-electron chi connectivity index (χ4n) is 2.98. The van der Waals surface area contributed by atoms with Crippen LogP contribution in [0.2, 0.25) is 0 Å². The molecule has 2 N–H and O–H groups in total. The Morgan fingerprint density at radius 3 is 2.70 bits per heavy atom. The number of benzene rings is 1. The Kier molecular flexibility index (Phi) is 6.11. The Labute approximate surface area is 157 Å². The monoisotopic (exact) mass is 366 g/mol. The summed E-state index contributed by atoms with van der Waals surface area (Å²) in [6.45, 7) is 1.29. The fourth-order valence-corrected chi connectivity index (χ4v) is 2.98. The van der Waals surface area contributed by atoms with Crippen LogP contribution in [0.4, 0.5) is 15.3 Å². The molecule has 3 rings (SSSR count). The van der Waals surface area contributed by atoms with E-state index in [1.807, 2.05) is 18.2 Å². The van der Waals surface area contributed by atoms with Gasteiger partial charge in [0.1, 0.15) is 0 Å². The van der Waals surface area contributed by atoms with Gasteiger partial charge in [0.05, 0.1) is 24.0 Å². The van der Waals surface area contributed by atoms with Gasteiger partial charge in [0.25, 0.3) is 0 Å². The quantitative estimate of drug-likeness (QED) is 0.855. The third kappa shape index (κ3) is 4.29. The van der Waals surface area contributed by atoms with Crippen LogP contribution in [0.1, 0.15) is 11.7 Å². The van der Waals surface area contributed by atoms with Crippen molar-refractivity contribution >= 4 is 24.0 Å². The molecule has 0 saturated carbocycles. The lowest BCUT2D eigenvalue weighted by Gasteiger charge is -2.38. The van der Waals surface area contributed by atoms with Crippen molar-refractivity contribution in [2.75, 3.05) is 31.1 Å². The number of anilines is 1. The summed E-state index contributed by atoms with van der Waals surface area (Å²) in [5, 5.41) is 5.65. The summed E-state index contributed by atoms with van der Waals surface area (Å²) in [7, 11) is 0. The second kappa shape index (κ2) is 8.91. The van der Waals surface area contributed by atoms with Crippen molar-refractivity contribution < 1.29 is 14.4 Å². The Hall–Kier alpha value is -3.26. The smallest absolute Gasteiger partial charge is 0.330 e. The summed E-state index contributed by atoms with van der Waals surface area (Å²) in [4.78, 5) is 43.4. The number of carbonyl (C=O) groups is 2. The minimum absolute atomic E-state index is 0.291. The summed E-state index contributed by atoms with van der Waals surface area (Å²) in [5.74, 6) is 0. The van der Waals surface area contributed by atoms with Crippen LogP contribution in [0.15, 0.2) is 54.7 Å². The van der Waals surface area contributed by atoms with Gasteiger partial charge in [0.15, 0.2) is 0 Å². The number of imide groups is 1. The van der Waals surface area contributed by atoms with Crippen LogP contribution < -0.4 is 15.5 Å². The summed E-state index contributed by atoms with van der Waals surface area (Å²) >= 11 is 0. The summed E-state index contributed by atoms with van der Waals surface area (Å²) < 4.78 is 0. The Bertz CT molecular complexity index is 784. The van der Waals surface area contributed by atoms with Gasteiger partial charge in [-0.2, -0.15) is 0 Å². The van der Waals surface area contributed by atoms with Gasteiger partial charge in [-0.15, -0.1) is 0 Å². The van der Waals surface area contributed by atoms with Crippen LogP contribution in [0.25, 0.3) is 0 Å². The Balaban J connectivity index is 1.91. The lowest BCUT2D eigenvalue weighted by molar-refractivity contribution is 0.163. The molecule has 1 aliphatic rings. The van der Waals surface area contributed by atoms with E-state index in [9.17, 15) is 14.4 Å². The number of nitrogens with one attached hydrogen (secondary N) is 2. The van der Waals surface area contributed by atoms with Gasteiger partial charge in [-0.05, 0) is 24.3 Å². The van der Waals surface area contributed by atoms with E-state index in [1.54, 1.807) is 47.7 Å². The third-order valence-corrected chi connectivity index (χ3v) is 4.24. The van der Waals surface area contributed by atoms with Crippen molar-refractivity contribution in [2.24, 2.45) is 0 Å². The highest BCUT2D eigenvalue weighted by Gasteiger charge is 2.35. The summed E-state index contributed by atoms with van der Waals surface area (Å²) in [6.07, 6.45) is 3.28. The molecule has 8 heteroatoms. The number of pyridine rings is 1. The van der Waals surface area contributed by atoms with Crippen molar-refractivity contribution in [1.29, 1.82) is 0 Å². The molecule has 1 aromatic carbocycles. The van der Waals surface area contributed by atoms with Crippen molar-refractivity contribution in [3.63, 3.8) is 0 Å². The van der Waals surface area contributed by atoms with Crippen LogP contribution >= 0.6 is 0 Å². The van der Waals surface area contributed by atoms with Crippen LogP contribution in [-0.2, 0) is 4.79 Å². The molecule has 1 saturated heterocycles. The SMILES string of the molecule is O=[C]CNC(=O)N(C(=O)N1CCNCC1c1ccccn1)c1ccccc1. The number of carbonyl (C=O) groups excluding carboxylic acids is 3. The predicted molar refractivity (Wildman–Crippen MR) is 100.0 cm³/mol. The molecule has 1 aliphatic heterocycles. The van der Waals surface area contributed by atoms with Gasteiger partial charge >= 0.3 is 12.1 Å². The van der Waals surface area contributed by atoms with Crippen molar-refractivity contribution in [2.45, 2.75) is 6.04 Å². The van der Waals surface area contributed by atoms with E-state index in [1.165, 1.54) is 0 Å². The zero-order valence-corrected chi connectivity index (χ0v) is 14.7. The number of hydrogen-bond donors (Lipinski definition) is 2. The second-order valence-corrected chi connectivity index (χ2v) is 5.92. The topological polar surface area (TPSA) is 94.6 Å². The number of piperazine rings is 1. The van der Waals surface area contributed by atoms with E-state index in [0.717, 1.165) is 10.6 Å². The number of amides is 4. The first-order valence-electron chi connectivity index (χ1n) is 8.62. The molecular weight excluding hydrogens is 346 g/mol. The molecule has 2 aromatic rings. The Morgan fingerprint density at radius 1 is 1.22 bits per heavy atom. The second-order valence-electron chi connectivity index (χ2n) is 5.92. The number of para-hydroxylation sites is 1. The normalized spacial score (nSPS) is 16.4. The lowest BCUT2D eigenvalue weighted by Crippen LogP contribution is -2.56. The van der Waals surface area contributed by atoms with Crippen LogP contribution in [0.3, 0.4) is 0 Å². The number of urea groups is 2. The fraction of sp³-hybridized carbons (Fsp3) is 0.263. The average Bonchev–Trinajstić information content (AvgIpc) is 2.73. The van der Waals surface area contributed by atoms with Crippen LogP contribution in [0, 0.1) is 0 Å². The lowest BCUT2D eigenvalue weighted by atomic mass is 10.1. The number of aromatic nitrogens is 1. The maximum absolute atomic E-state index is 13.3. The highest BCUT2D eigenvalue weighted by Crippen LogP contribution is 2.24. The van der Waals surface area contributed by atoms with E-state index in [0.29, 0.717) is 25.3 Å². The first-order chi connectivity index (χ1) is 13.2. The molecule has 0 spiro atoms. The Morgan fingerprint density at radius 2 is 2.00 bits per heavy atom. The zero-order valence-electron chi connectivity index (χ0n) is 14.7. The van der Waals surface area contributed by atoms with E-state index in [2.05, 4.69) is 15.6 Å². The minimum atomic E-state index is -0.673. The molecule has 1 atom stereocenters. The van der Waals surface area contributed by atoms with Gasteiger partial charge in [-0.3, -0.25) is 9.78 Å². The first kappa shape index (κ1) is 18.5. The van der Waals surface area contributed by atoms with E-state index in [-0.39, 0.29) is 12.6 Å². The third-order valence-electron chi connectivity index (χ3n) is 4.24. The van der Waals surface area contributed by atoms with Gasteiger partial charge in [0.2, 0.25) is 6.29 Å².